The average molecular weight is 494 g/mol. The Kier molecular flexibility index (Phi) is 12.9. The number of halogens is 1. The first-order chi connectivity index (χ1) is 12.6. The van der Waals surface area contributed by atoms with Crippen LogP contribution in [0.25, 0.3) is 0 Å². The first-order valence-electron chi connectivity index (χ1n) is 11.0. The van der Waals surface area contributed by atoms with E-state index in [1.807, 2.05) is 0 Å². The van der Waals surface area contributed by atoms with E-state index in [2.05, 4.69) is 48.3 Å². The summed E-state index contributed by atoms with van der Waals surface area (Å²) >= 11 is 0. The highest BCUT2D eigenvalue weighted by molar-refractivity contribution is 14.0. The minimum atomic E-state index is 0. The lowest BCUT2D eigenvalue weighted by molar-refractivity contribution is 0.250. The number of hydrogen-bond acceptors (Lipinski definition) is 3. The van der Waals surface area contributed by atoms with Gasteiger partial charge in [-0.1, -0.05) is 13.8 Å². The Balaban J connectivity index is 0.00000364. The van der Waals surface area contributed by atoms with E-state index >= 15 is 0 Å². The van der Waals surface area contributed by atoms with Gasteiger partial charge >= 0.3 is 0 Å². The average Bonchev–Trinajstić information content (AvgIpc) is 2.83. The van der Waals surface area contributed by atoms with Gasteiger partial charge in [0.05, 0.1) is 0 Å². The smallest absolute Gasteiger partial charge is 0.191 e. The zero-order chi connectivity index (χ0) is 18.8. The van der Waals surface area contributed by atoms with E-state index in [4.69, 9.17) is 4.99 Å². The monoisotopic (exact) mass is 493 g/mol. The number of aliphatic imine (C=N–C) groups is 1. The summed E-state index contributed by atoms with van der Waals surface area (Å²) in [6.45, 7) is 14.8. The van der Waals surface area contributed by atoms with E-state index in [1.165, 1.54) is 64.8 Å². The quantitative estimate of drug-likeness (QED) is 0.247. The number of likely N-dealkylation sites (N-methyl/N-ethyl adjacent to an activating group) is 1. The lowest BCUT2D eigenvalue weighted by Crippen LogP contribution is -2.45. The summed E-state index contributed by atoms with van der Waals surface area (Å²) in [5.41, 5.74) is 0. The van der Waals surface area contributed by atoms with Gasteiger partial charge in [0.1, 0.15) is 0 Å². The van der Waals surface area contributed by atoms with Crippen LogP contribution in [0.2, 0.25) is 0 Å². The van der Waals surface area contributed by atoms with Gasteiger partial charge in [0, 0.05) is 32.2 Å². The molecule has 0 aromatic heterocycles. The zero-order valence-corrected chi connectivity index (χ0v) is 20.5. The molecule has 2 N–H and O–H groups in total. The van der Waals surface area contributed by atoms with Gasteiger partial charge in [-0.25, -0.2) is 0 Å². The van der Waals surface area contributed by atoms with Crippen LogP contribution in [0.15, 0.2) is 4.99 Å². The van der Waals surface area contributed by atoms with Crippen LogP contribution >= 0.6 is 24.0 Å². The minimum absolute atomic E-state index is 0. The van der Waals surface area contributed by atoms with Crippen LogP contribution in [-0.2, 0) is 0 Å². The Bertz CT molecular complexity index is 407. The number of nitrogens with zero attached hydrogens (tertiary/aromatic N) is 3. The predicted octanol–water partition coefficient (Wildman–Crippen LogP) is 3.40. The van der Waals surface area contributed by atoms with Crippen molar-refractivity contribution in [3.05, 3.63) is 0 Å². The number of nitrogens with one attached hydrogen (secondary N) is 2. The summed E-state index contributed by atoms with van der Waals surface area (Å²) in [6.07, 6.45) is 7.74. The molecule has 1 heterocycles. The summed E-state index contributed by atoms with van der Waals surface area (Å²) in [4.78, 5) is 9.89. The second-order valence-electron chi connectivity index (χ2n) is 8.61. The topological polar surface area (TPSA) is 42.9 Å². The van der Waals surface area contributed by atoms with Gasteiger partial charge in [-0.05, 0) is 84.0 Å². The fourth-order valence-corrected chi connectivity index (χ4v) is 4.25. The molecule has 1 aliphatic heterocycles. The van der Waals surface area contributed by atoms with E-state index in [-0.39, 0.29) is 24.0 Å². The molecule has 2 fully saturated rings. The second kappa shape index (κ2) is 14.0. The molecule has 2 rings (SSSR count). The molecule has 1 aliphatic carbocycles. The molecule has 0 bridgehead atoms. The van der Waals surface area contributed by atoms with Crippen molar-refractivity contribution in [2.75, 3.05) is 52.9 Å². The number of rotatable bonds is 7. The Morgan fingerprint density at radius 1 is 1.07 bits per heavy atom. The zero-order valence-electron chi connectivity index (χ0n) is 18.2. The fraction of sp³-hybridized carbons (Fsp3) is 0.952. The van der Waals surface area contributed by atoms with E-state index in [9.17, 15) is 0 Å². The van der Waals surface area contributed by atoms with Crippen LogP contribution in [0.1, 0.15) is 59.3 Å². The Morgan fingerprint density at radius 2 is 1.81 bits per heavy atom. The van der Waals surface area contributed by atoms with Crippen LogP contribution < -0.4 is 10.6 Å². The summed E-state index contributed by atoms with van der Waals surface area (Å²) < 4.78 is 0. The fourth-order valence-electron chi connectivity index (χ4n) is 4.25. The van der Waals surface area contributed by atoms with Crippen LogP contribution in [0, 0.1) is 11.8 Å². The molecule has 0 amide bonds. The normalized spacial score (nSPS) is 25.7. The molecule has 6 heteroatoms. The highest BCUT2D eigenvalue weighted by atomic mass is 127. The second-order valence-corrected chi connectivity index (χ2v) is 8.61. The molecule has 27 heavy (non-hydrogen) atoms. The highest BCUT2D eigenvalue weighted by Gasteiger charge is 2.23. The Labute approximate surface area is 185 Å². The molecular formula is C21H44IN5. The molecule has 0 atom stereocenters. The van der Waals surface area contributed by atoms with Gasteiger partial charge in [-0.15, -0.1) is 24.0 Å². The minimum Gasteiger partial charge on any atom is -0.357 e. The van der Waals surface area contributed by atoms with Crippen LogP contribution in [0.3, 0.4) is 0 Å². The predicted molar refractivity (Wildman–Crippen MR) is 128 cm³/mol. The van der Waals surface area contributed by atoms with Crippen molar-refractivity contribution < 1.29 is 0 Å². The molecule has 5 nitrogen and oxygen atoms in total. The SMILES string of the molecule is CCNC(=NCCCN1CCCN(C)CC1)NC1CCC(C(C)C)CC1.I. The van der Waals surface area contributed by atoms with Crippen LogP contribution in [0.4, 0.5) is 0 Å². The molecule has 0 radical (unpaired) electrons. The summed E-state index contributed by atoms with van der Waals surface area (Å²) in [7, 11) is 2.23. The van der Waals surface area contributed by atoms with Crippen LogP contribution in [-0.4, -0.2) is 74.7 Å². The van der Waals surface area contributed by atoms with Gasteiger partial charge in [0.2, 0.25) is 0 Å². The van der Waals surface area contributed by atoms with Crippen molar-refractivity contribution in [2.45, 2.75) is 65.3 Å². The molecule has 2 aliphatic rings. The lowest BCUT2D eigenvalue weighted by atomic mass is 9.80. The van der Waals surface area contributed by atoms with Gasteiger partial charge in [-0.3, -0.25) is 4.99 Å². The maximum absolute atomic E-state index is 4.84. The van der Waals surface area contributed by atoms with E-state index in [0.717, 1.165) is 37.3 Å². The molecule has 1 saturated carbocycles. The van der Waals surface area contributed by atoms with Gasteiger partial charge in [-0.2, -0.15) is 0 Å². The molecule has 0 aromatic carbocycles. The molecule has 0 unspecified atom stereocenters. The van der Waals surface area contributed by atoms with E-state index < -0.39 is 0 Å². The standard InChI is InChI=1S/C21H43N5.HI/c1-5-22-21(24-20-10-8-19(9-11-20)18(2)3)23-12-6-14-26-15-7-13-25(4)16-17-26;/h18-20H,5-17H2,1-4H3,(H2,22,23,24);1H. The maximum atomic E-state index is 4.84. The van der Waals surface area contributed by atoms with Gasteiger partial charge in [0.15, 0.2) is 5.96 Å². The van der Waals surface area contributed by atoms with Gasteiger partial charge < -0.3 is 20.4 Å². The first kappa shape index (κ1) is 25.0. The first-order valence-corrected chi connectivity index (χ1v) is 11.0. The maximum Gasteiger partial charge on any atom is 0.191 e. The van der Waals surface area contributed by atoms with Crippen molar-refractivity contribution in [3.8, 4) is 0 Å². The number of hydrogen-bond donors (Lipinski definition) is 2. The third-order valence-electron chi connectivity index (χ3n) is 6.11. The summed E-state index contributed by atoms with van der Waals surface area (Å²) in [5, 5.41) is 7.13. The molecular weight excluding hydrogens is 449 g/mol. The van der Waals surface area contributed by atoms with Crippen molar-refractivity contribution in [2.24, 2.45) is 16.8 Å². The van der Waals surface area contributed by atoms with Crippen molar-refractivity contribution in [1.82, 2.24) is 20.4 Å². The van der Waals surface area contributed by atoms with Gasteiger partial charge in [0.25, 0.3) is 0 Å². The largest absolute Gasteiger partial charge is 0.357 e. The van der Waals surface area contributed by atoms with Crippen LogP contribution in [0.5, 0.6) is 0 Å². The Morgan fingerprint density at radius 3 is 2.48 bits per heavy atom. The van der Waals surface area contributed by atoms with Crippen molar-refractivity contribution in [1.29, 1.82) is 0 Å². The molecule has 0 spiro atoms. The number of guanidine groups is 1. The van der Waals surface area contributed by atoms with Crippen molar-refractivity contribution in [3.63, 3.8) is 0 Å². The molecule has 0 aromatic rings. The van der Waals surface area contributed by atoms with E-state index in [1.54, 1.807) is 0 Å². The van der Waals surface area contributed by atoms with E-state index in [0.29, 0.717) is 6.04 Å². The molecule has 1 saturated heterocycles. The molecule has 160 valence electrons. The lowest BCUT2D eigenvalue weighted by Gasteiger charge is -2.32. The Hall–Kier alpha value is -0.0800. The van der Waals surface area contributed by atoms with Crippen molar-refractivity contribution >= 4 is 29.9 Å². The third-order valence-corrected chi connectivity index (χ3v) is 6.11. The highest BCUT2D eigenvalue weighted by Crippen LogP contribution is 2.29. The summed E-state index contributed by atoms with van der Waals surface area (Å²) in [5.74, 6) is 2.77. The summed E-state index contributed by atoms with van der Waals surface area (Å²) in [6, 6.07) is 0.601. The third kappa shape index (κ3) is 9.79.